The molecule has 0 aliphatic heterocycles. The van der Waals surface area contributed by atoms with Crippen LogP contribution in [0.3, 0.4) is 0 Å². The van der Waals surface area contributed by atoms with E-state index in [1.165, 1.54) is 44.9 Å². The first-order chi connectivity index (χ1) is 7.74. The van der Waals surface area contributed by atoms with Gasteiger partial charge in [0.15, 0.2) is 0 Å². The molecule has 16 heavy (non-hydrogen) atoms. The lowest BCUT2D eigenvalue weighted by Gasteiger charge is -2.31. The standard InChI is InChI=1S/C13H27NO2/c1-14(10-13(15)11-16-2)12-8-6-4-3-5-7-9-12/h12-13,15H,3-11H2,1-2H3. The summed E-state index contributed by atoms with van der Waals surface area (Å²) in [4.78, 5) is 2.31. The fraction of sp³-hybridized carbons (Fsp3) is 1.00. The largest absolute Gasteiger partial charge is 0.389 e. The molecule has 0 heterocycles. The summed E-state index contributed by atoms with van der Waals surface area (Å²) in [6.45, 7) is 1.18. The molecule has 0 aromatic carbocycles. The summed E-state index contributed by atoms with van der Waals surface area (Å²) >= 11 is 0. The van der Waals surface area contributed by atoms with Crippen LogP contribution in [0.4, 0.5) is 0 Å². The van der Waals surface area contributed by atoms with Crippen molar-refractivity contribution in [3.8, 4) is 0 Å². The molecule has 1 saturated carbocycles. The normalized spacial score (nSPS) is 21.8. The van der Waals surface area contributed by atoms with Crippen LogP contribution in [0.5, 0.6) is 0 Å². The van der Waals surface area contributed by atoms with Gasteiger partial charge in [-0.1, -0.05) is 32.1 Å². The SMILES string of the molecule is COCC(O)CN(C)C1CCCCCCC1. The molecule has 0 radical (unpaired) electrons. The van der Waals surface area contributed by atoms with Crippen LogP contribution in [-0.2, 0) is 4.74 Å². The van der Waals surface area contributed by atoms with E-state index in [4.69, 9.17) is 4.74 Å². The van der Waals surface area contributed by atoms with E-state index in [-0.39, 0.29) is 6.10 Å². The van der Waals surface area contributed by atoms with Gasteiger partial charge in [-0.15, -0.1) is 0 Å². The Hall–Kier alpha value is -0.120. The highest BCUT2D eigenvalue weighted by molar-refractivity contribution is 4.73. The zero-order valence-electron chi connectivity index (χ0n) is 10.8. The molecule has 0 bridgehead atoms. The van der Waals surface area contributed by atoms with Gasteiger partial charge in [0.05, 0.1) is 12.7 Å². The molecule has 1 fully saturated rings. The van der Waals surface area contributed by atoms with Gasteiger partial charge >= 0.3 is 0 Å². The van der Waals surface area contributed by atoms with Crippen LogP contribution in [0.2, 0.25) is 0 Å². The predicted molar refractivity (Wildman–Crippen MR) is 66.6 cm³/mol. The average molecular weight is 229 g/mol. The molecule has 0 aromatic rings. The Morgan fingerprint density at radius 2 is 1.75 bits per heavy atom. The molecule has 3 nitrogen and oxygen atoms in total. The van der Waals surface area contributed by atoms with E-state index in [1.807, 2.05) is 0 Å². The number of ether oxygens (including phenoxy) is 1. The molecule has 1 aliphatic carbocycles. The lowest BCUT2D eigenvalue weighted by Crippen LogP contribution is -2.39. The Kier molecular flexibility index (Phi) is 7.01. The van der Waals surface area contributed by atoms with E-state index >= 15 is 0 Å². The van der Waals surface area contributed by atoms with Crippen LogP contribution in [-0.4, -0.2) is 49.5 Å². The van der Waals surface area contributed by atoms with Gasteiger partial charge in [0.2, 0.25) is 0 Å². The number of aliphatic hydroxyl groups excluding tert-OH is 1. The molecular weight excluding hydrogens is 202 g/mol. The molecule has 3 heteroatoms. The number of rotatable bonds is 5. The molecule has 0 spiro atoms. The van der Waals surface area contributed by atoms with Crippen molar-refractivity contribution in [1.82, 2.24) is 4.90 Å². The molecule has 1 atom stereocenters. The second-order valence-corrected chi connectivity index (χ2v) is 5.05. The first-order valence-corrected chi connectivity index (χ1v) is 6.61. The van der Waals surface area contributed by atoms with Gasteiger partial charge in [0.1, 0.15) is 0 Å². The Bertz CT molecular complexity index is 167. The summed E-state index contributed by atoms with van der Waals surface area (Å²) in [6.07, 6.45) is 9.08. The fourth-order valence-corrected chi connectivity index (χ4v) is 2.60. The first-order valence-electron chi connectivity index (χ1n) is 6.61. The van der Waals surface area contributed by atoms with Crippen molar-refractivity contribution in [3.63, 3.8) is 0 Å². The number of aliphatic hydroxyl groups is 1. The third kappa shape index (κ3) is 5.28. The molecular formula is C13H27NO2. The molecule has 1 unspecified atom stereocenters. The number of hydrogen-bond acceptors (Lipinski definition) is 3. The maximum atomic E-state index is 9.71. The van der Waals surface area contributed by atoms with Crippen LogP contribution >= 0.6 is 0 Å². The van der Waals surface area contributed by atoms with Gasteiger partial charge in [-0.2, -0.15) is 0 Å². The maximum Gasteiger partial charge on any atom is 0.0900 e. The summed E-state index contributed by atoms with van der Waals surface area (Å²) < 4.78 is 4.96. The summed E-state index contributed by atoms with van der Waals surface area (Å²) in [7, 11) is 3.77. The molecule has 1 N–H and O–H groups in total. The van der Waals surface area contributed by atoms with Crippen molar-refractivity contribution in [3.05, 3.63) is 0 Å². The highest BCUT2D eigenvalue weighted by Crippen LogP contribution is 2.20. The second-order valence-electron chi connectivity index (χ2n) is 5.05. The van der Waals surface area contributed by atoms with Gasteiger partial charge in [-0.3, -0.25) is 0 Å². The van der Waals surface area contributed by atoms with E-state index in [0.29, 0.717) is 12.6 Å². The molecule has 1 rings (SSSR count). The zero-order chi connectivity index (χ0) is 11.8. The third-order valence-electron chi connectivity index (χ3n) is 3.56. The lowest BCUT2D eigenvalue weighted by atomic mass is 9.96. The van der Waals surface area contributed by atoms with Crippen molar-refractivity contribution in [2.45, 2.75) is 57.1 Å². The minimum atomic E-state index is -0.347. The molecule has 0 saturated heterocycles. The fourth-order valence-electron chi connectivity index (χ4n) is 2.60. The Morgan fingerprint density at radius 1 is 1.19 bits per heavy atom. The van der Waals surface area contributed by atoms with Crippen molar-refractivity contribution < 1.29 is 9.84 Å². The van der Waals surface area contributed by atoms with Crippen LogP contribution in [0.15, 0.2) is 0 Å². The second kappa shape index (κ2) is 8.04. The van der Waals surface area contributed by atoms with E-state index in [2.05, 4.69) is 11.9 Å². The Morgan fingerprint density at radius 3 is 2.31 bits per heavy atom. The summed E-state index contributed by atoms with van der Waals surface area (Å²) in [5.41, 5.74) is 0. The molecule has 96 valence electrons. The number of likely N-dealkylation sites (N-methyl/N-ethyl adjacent to an activating group) is 1. The van der Waals surface area contributed by atoms with Gasteiger partial charge in [0.25, 0.3) is 0 Å². The van der Waals surface area contributed by atoms with E-state index in [1.54, 1.807) is 7.11 Å². The van der Waals surface area contributed by atoms with Gasteiger partial charge in [0, 0.05) is 19.7 Å². The summed E-state index contributed by atoms with van der Waals surface area (Å²) in [5.74, 6) is 0. The molecule has 1 aliphatic rings. The van der Waals surface area contributed by atoms with Gasteiger partial charge in [-0.05, 0) is 19.9 Å². The smallest absolute Gasteiger partial charge is 0.0900 e. The van der Waals surface area contributed by atoms with Gasteiger partial charge in [-0.25, -0.2) is 0 Å². The number of methoxy groups -OCH3 is 1. The third-order valence-corrected chi connectivity index (χ3v) is 3.56. The van der Waals surface area contributed by atoms with Crippen molar-refractivity contribution in [2.75, 3.05) is 27.3 Å². The quantitative estimate of drug-likeness (QED) is 0.783. The summed E-state index contributed by atoms with van der Waals surface area (Å²) in [5, 5.41) is 9.71. The van der Waals surface area contributed by atoms with Crippen LogP contribution in [0.25, 0.3) is 0 Å². The van der Waals surface area contributed by atoms with E-state index in [9.17, 15) is 5.11 Å². The molecule has 0 amide bonds. The average Bonchev–Trinajstić information content (AvgIpc) is 2.16. The highest BCUT2D eigenvalue weighted by atomic mass is 16.5. The summed E-state index contributed by atoms with van der Waals surface area (Å²) in [6, 6.07) is 0.659. The first kappa shape index (κ1) is 13.9. The van der Waals surface area contributed by atoms with Crippen molar-refractivity contribution >= 4 is 0 Å². The number of nitrogens with zero attached hydrogens (tertiary/aromatic N) is 1. The Labute approximate surface area is 99.8 Å². The minimum Gasteiger partial charge on any atom is -0.389 e. The maximum absolute atomic E-state index is 9.71. The van der Waals surface area contributed by atoms with E-state index < -0.39 is 0 Å². The highest BCUT2D eigenvalue weighted by Gasteiger charge is 2.18. The lowest BCUT2D eigenvalue weighted by molar-refractivity contribution is 0.0312. The van der Waals surface area contributed by atoms with Crippen LogP contribution in [0.1, 0.15) is 44.9 Å². The van der Waals surface area contributed by atoms with Gasteiger partial charge < -0.3 is 14.7 Å². The number of hydrogen-bond donors (Lipinski definition) is 1. The van der Waals surface area contributed by atoms with Crippen molar-refractivity contribution in [2.24, 2.45) is 0 Å². The topological polar surface area (TPSA) is 32.7 Å². The van der Waals surface area contributed by atoms with Crippen molar-refractivity contribution in [1.29, 1.82) is 0 Å². The van der Waals surface area contributed by atoms with E-state index in [0.717, 1.165) is 6.54 Å². The minimum absolute atomic E-state index is 0.347. The monoisotopic (exact) mass is 229 g/mol. The van der Waals surface area contributed by atoms with Crippen LogP contribution in [0, 0.1) is 0 Å². The predicted octanol–water partition coefficient (Wildman–Crippen LogP) is 2.04. The Balaban J connectivity index is 2.29. The zero-order valence-corrected chi connectivity index (χ0v) is 10.8. The van der Waals surface area contributed by atoms with Crippen LogP contribution < -0.4 is 0 Å². The molecule has 0 aromatic heterocycles.